The van der Waals surface area contributed by atoms with E-state index in [1.54, 1.807) is 74.7 Å². The van der Waals surface area contributed by atoms with Crippen LogP contribution >= 0.6 is 11.8 Å². The number of nitrogens with one attached hydrogen (secondary N) is 1. The monoisotopic (exact) mass is 449 g/mol. The maximum atomic E-state index is 14.2. The van der Waals surface area contributed by atoms with E-state index in [1.165, 1.54) is 10.6 Å². The summed E-state index contributed by atoms with van der Waals surface area (Å²) in [4.78, 5) is 30.3. The number of amides is 1. The highest BCUT2D eigenvalue weighted by atomic mass is 32.2. The number of carbonyl (C=O) groups excluding carboxylic acids is 1. The zero-order chi connectivity index (χ0) is 22.7. The summed E-state index contributed by atoms with van der Waals surface area (Å²) in [5.41, 5.74) is 1.65. The highest BCUT2D eigenvalue weighted by Crippen LogP contribution is 2.23. The Balaban J connectivity index is 1.65. The van der Waals surface area contributed by atoms with Gasteiger partial charge in [0, 0.05) is 5.69 Å². The fraction of sp³-hybridized carbons (Fsp3) is 0.125. The second kappa shape index (κ2) is 9.23. The summed E-state index contributed by atoms with van der Waals surface area (Å²) in [7, 11) is 1.57. The number of methoxy groups -OCH3 is 1. The van der Waals surface area contributed by atoms with Gasteiger partial charge in [-0.2, -0.15) is 0 Å². The van der Waals surface area contributed by atoms with Crippen molar-refractivity contribution in [3.63, 3.8) is 0 Å². The zero-order valence-corrected chi connectivity index (χ0v) is 18.3. The predicted molar refractivity (Wildman–Crippen MR) is 124 cm³/mol. The van der Waals surface area contributed by atoms with Crippen LogP contribution in [0.15, 0.2) is 76.7 Å². The van der Waals surface area contributed by atoms with Gasteiger partial charge in [0.2, 0.25) is 5.91 Å². The molecule has 0 bridgehead atoms. The molecule has 1 heterocycles. The minimum absolute atomic E-state index is 0.0190. The van der Waals surface area contributed by atoms with E-state index >= 15 is 0 Å². The first-order chi connectivity index (χ1) is 15.5. The molecule has 0 aliphatic heterocycles. The normalized spacial score (nSPS) is 10.8. The van der Waals surface area contributed by atoms with Crippen LogP contribution in [0.25, 0.3) is 16.6 Å². The third-order valence-corrected chi connectivity index (χ3v) is 5.80. The maximum absolute atomic E-state index is 14.2. The summed E-state index contributed by atoms with van der Waals surface area (Å²) >= 11 is 1.11. The molecule has 3 aromatic carbocycles. The number of ether oxygens (including phenoxy) is 1. The Morgan fingerprint density at radius 2 is 1.88 bits per heavy atom. The van der Waals surface area contributed by atoms with Gasteiger partial charge in [-0.3, -0.25) is 14.2 Å². The number of fused-ring (bicyclic) bond motifs is 1. The molecule has 0 radical (unpaired) electrons. The van der Waals surface area contributed by atoms with E-state index < -0.39 is 5.82 Å². The molecule has 0 fully saturated rings. The van der Waals surface area contributed by atoms with Gasteiger partial charge in [0.25, 0.3) is 5.56 Å². The van der Waals surface area contributed by atoms with Crippen molar-refractivity contribution in [3.8, 4) is 11.4 Å². The lowest BCUT2D eigenvalue weighted by Gasteiger charge is -2.14. The SMILES string of the molecule is COc1ccc(NC(=O)CSc2nc3ccccc3c(=O)n2-c2ccc(C)c(F)c2)cc1. The van der Waals surface area contributed by atoms with Gasteiger partial charge in [0.1, 0.15) is 11.6 Å². The number of hydrogen-bond acceptors (Lipinski definition) is 5. The number of aryl methyl sites for hydroxylation is 1. The number of hydrogen-bond donors (Lipinski definition) is 1. The lowest BCUT2D eigenvalue weighted by Crippen LogP contribution is -2.23. The van der Waals surface area contributed by atoms with Crippen LogP contribution in [0.4, 0.5) is 10.1 Å². The van der Waals surface area contributed by atoms with Gasteiger partial charge < -0.3 is 10.1 Å². The minimum atomic E-state index is -0.421. The molecule has 0 saturated heterocycles. The van der Waals surface area contributed by atoms with Crippen molar-refractivity contribution in [2.75, 3.05) is 18.2 Å². The molecular formula is C24H20FN3O3S. The number of nitrogens with zero attached hydrogens (tertiary/aromatic N) is 2. The lowest BCUT2D eigenvalue weighted by molar-refractivity contribution is -0.113. The van der Waals surface area contributed by atoms with Crippen LogP contribution in [0.3, 0.4) is 0 Å². The number of benzene rings is 3. The predicted octanol–water partition coefficient (Wildman–Crippen LogP) is 4.57. The van der Waals surface area contributed by atoms with E-state index in [0.29, 0.717) is 38.7 Å². The molecule has 0 aliphatic carbocycles. The highest BCUT2D eigenvalue weighted by Gasteiger charge is 2.16. The third-order valence-electron chi connectivity index (χ3n) is 4.86. The second-order valence-electron chi connectivity index (χ2n) is 7.05. The molecule has 1 N–H and O–H groups in total. The average Bonchev–Trinajstić information content (AvgIpc) is 2.80. The van der Waals surface area contributed by atoms with Crippen LogP contribution in [0.5, 0.6) is 5.75 Å². The number of para-hydroxylation sites is 1. The number of carbonyl (C=O) groups is 1. The van der Waals surface area contributed by atoms with Gasteiger partial charge in [-0.1, -0.05) is 30.0 Å². The Kier molecular flexibility index (Phi) is 6.23. The van der Waals surface area contributed by atoms with Gasteiger partial charge in [-0.25, -0.2) is 9.37 Å². The molecule has 0 spiro atoms. The van der Waals surface area contributed by atoms with Crippen molar-refractivity contribution >= 4 is 34.3 Å². The Morgan fingerprint density at radius 3 is 2.59 bits per heavy atom. The van der Waals surface area contributed by atoms with Crippen molar-refractivity contribution in [2.45, 2.75) is 12.1 Å². The second-order valence-corrected chi connectivity index (χ2v) is 7.99. The average molecular weight is 450 g/mol. The van der Waals surface area contributed by atoms with Gasteiger partial charge in [0.15, 0.2) is 5.16 Å². The molecule has 0 atom stereocenters. The van der Waals surface area contributed by atoms with E-state index in [0.717, 1.165) is 11.8 Å². The van der Waals surface area contributed by atoms with Gasteiger partial charge in [-0.15, -0.1) is 0 Å². The maximum Gasteiger partial charge on any atom is 0.266 e. The Bertz CT molecular complexity index is 1350. The van der Waals surface area contributed by atoms with Crippen LogP contribution in [0.1, 0.15) is 5.56 Å². The highest BCUT2D eigenvalue weighted by molar-refractivity contribution is 7.99. The van der Waals surface area contributed by atoms with Crippen molar-refractivity contribution in [1.82, 2.24) is 9.55 Å². The topological polar surface area (TPSA) is 73.2 Å². The van der Waals surface area contributed by atoms with E-state index in [1.807, 2.05) is 0 Å². The van der Waals surface area contributed by atoms with Crippen LogP contribution in [-0.2, 0) is 4.79 Å². The van der Waals surface area contributed by atoms with Gasteiger partial charge in [0.05, 0.1) is 29.5 Å². The summed E-state index contributed by atoms with van der Waals surface area (Å²) in [6.45, 7) is 1.65. The molecule has 0 aliphatic rings. The number of aromatic nitrogens is 2. The van der Waals surface area contributed by atoms with E-state index in [-0.39, 0.29) is 17.2 Å². The molecule has 0 saturated carbocycles. The summed E-state index contributed by atoms with van der Waals surface area (Å²) in [6.07, 6.45) is 0. The van der Waals surface area contributed by atoms with E-state index in [4.69, 9.17) is 4.74 Å². The van der Waals surface area contributed by atoms with E-state index in [9.17, 15) is 14.0 Å². The smallest absolute Gasteiger partial charge is 0.266 e. The lowest BCUT2D eigenvalue weighted by atomic mass is 10.2. The van der Waals surface area contributed by atoms with Crippen molar-refractivity contribution in [2.24, 2.45) is 0 Å². The Morgan fingerprint density at radius 1 is 1.12 bits per heavy atom. The number of halogens is 1. The molecule has 162 valence electrons. The summed E-state index contributed by atoms with van der Waals surface area (Å²) in [5, 5.41) is 3.52. The molecule has 0 unspecified atom stereocenters. The molecule has 4 rings (SSSR count). The molecule has 32 heavy (non-hydrogen) atoms. The standard InChI is InChI=1S/C24H20FN3O3S/c1-15-7-10-17(13-20(15)25)28-23(30)19-5-3-4-6-21(19)27-24(28)32-14-22(29)26-16-8-11-18(31-2)12-9-16/h3-13H,14H2,1-2H3,(H,26,29). The molecule has 1 aromatic heterocycles. The zero-order valence-electron chi connectivity index (χ0n) is 17.5. The quantitative estimate of drug-likeness (QED) is 0.345. The minimum Gasteiger partial charge on any atom is -0.497 e. The van der Waals surface area contributed by atoms with Crippen LogP contribution in [0.2, 0.25) is 0 Å². The van der Waals surface area contributed by atoms with Crippen LogP contribution in [-0.4, -0.2) is 28.3 Å². The van der Waals surface area contributed by atoms with Gasteiger partial charge >= 0.3 is 0 Å². The van der Waals surface area contributed by atoms with E-state index in [2.05, 4.69) is 10.3 Å². The number of anilines is 1. The third kappa shape index (κ3) is 4.50. The molecule has 8 heteroatoms. The molecule has 6 nitrogen and oxygen atoms in total. The molecule has 4 aromatic rings. The van der Waals surface area contributed by atoms with Crippen molar-refractivity contribution in [1.29, 1.82) is 0 Å². The fourth-order valence-electron chi connectivity index (χ4n) is 3.16. The van der Waals surface area contributed by atoms with Crippen LogP contribution < -0.4 is 15.6 Å². The number of rotatable bonds is 6. The fourth-order valence-corrected chi connectivity index (χ4v) is 3.97. The molecular weight excluding hydrogens is 429 g/mol. The van der Waals surface area contributed by atoms with Gasteiger partial charge in [-0.05, 0) is 61.0 Å². The van der Waals surface area contributed by atoms with Crippen LogP contribution in [0, 0.1) is 12.7 Å². The summed E-state index contributed by atoms with van der Waals surface area (Å²) < 4.78 is 20.7. The Labute approximate surface area is 188 Å². The summed E-state index contributed by atoms with van der Waals surface area (Å²) in [5.74, 6) is 0.0255. The summed E-state index contributed by atoms with van der Waals surface area (Å²) in [6, 6.07) is 18.5. The first kappa shape index (κ1) is 21.6. The molecule has 1 amide bonds. The largest absolute Gasteiger partial charge is 0.497 e. The first-order valence-electron chi connectivity index (χ1n) is 9.81. The number of thioether (sulfide) groups is 1. The van der Waals surface area contributed by atoms with Crippen molar-refractivity contribution < 1.29 is 13.9 Å². The van der Waals surface area contributed by atoms with Crippen molar-refractivity contribution in [3.05, 3.63) is 88.5 Å². The first-order valence-corrected chi connectivity index (χ1v) is 10.8. The Hall–Kier alpha value is -3.65.